The van der Waals surface area contributed by atoms with Gasteiger partial charge in [-0.2, -0.15) is 0 Å². The molecule has 0 fully saturated rings. The summed E-state index contributed by atoms with van der Waals surface area (Å²) in [6, 6.07) is 14.7. The molecule has 0 atom stereocenters. The molecular weight excluding hydrogens is 260 g/mol. The average molecular weight is 278 g/mol. The van der Waals surface area contributed by atoms with Crippen LogP contribution < -0.4 is 4.74 Å². The molecule has 0 aliphatic heterocycles. The van der Waals surface area contributed by atoms with E-state index in [2.05, 4.69) is 54.4 Å². The molecule has 0 unspecified atom stereocenters. The number of rotatable bonds is 3. The molecule has 1 heterocycles. The Kier molecular flexibility index (Phi) is 3.48. The van der Waals surface area contributed by atoms with Crippen LogP contribution in [0.25, 0.3) is 22.4 Å². The Morgan fingerprint density at radius 2 is 1.90 bits per heavy atom. The van der Waals surface area contributed by atoms with Crippen LogP contribution in [0.4, 0.5) is 0 Å². The van der Waals surface area contributed by atoms with Gasteiger partial charge in [-0.3, -0.25) is 0 Å². The van der Waals surface area contributed by atoms with Gasteiger partial charge in [0.2, 0.25) is 0 Å². The summed E-state index contributed by atoms with van der Waals surface area (Å²) in [6.45, 7) is 2.10. The van der Waals surface area contributed by atoms with Crippen LogP contribution >= 0.6 is 0 Å². The first-order valence-corrected chi connectivity index (χ1v) is 6.91. The highest BCUT2D eigenvalue weighted by molar-refractivity contribution is 5.75. The van der Waals surface area contributed by atoms with Crippen molar-refractivity contribution < 1.29 is 4.74 Å². The van der Waals surface area contributed by atoms with E-state index in [-0.39, 0.29) is 0 Å². The van der Waals surface area contributed by atoms with Crippen molar-refractivity contribution in [2.45, 2.75) is 6.92 Å². The molecule has 1 aromatic heterocycles. The van der Waals surface area contributed by atoms with E-state index >= 15 is 0 Å². The molecule has 0 aliphatic rings. The van der Waals surface area contributed by atoms with Crippen molar-refractivity contribution in [1.82, 2.24) is 9.55 Å². The highest BCUT2D eigenvalue weighted by Gasteiger charge is 2.10. The SMILES string of the molecule is COc1cc(-c2cncn2C)ccc1-c1cccc(C)c1. The van der Waals surface area contributed by atoms with E-state index in [1.807, 2.05) is 17.8 Å². The van der Waals surface area contributed by atoms with E-state index in [9.17, 15) is 0 Å². The van der Waals surface area contributed by atoms with E-state index in [0.717, 1.165) is 22.6 Å². The molecule has 3 heteroatoms. The molecule has 0 spiro atoms. The van der Waals surface area contributed by atoms with Crippen molar-refractivity contribution >= 4 is 0 Å². The molecule has 3 rings (SSSR count). The Bertz CT molecular complexity index is 774. The standard InChI is InChI=1S/C18H18N2O/c1-13-5-4-6-14(9-13)16-8-7-15(10-18(16)21-3)17-11-19-12-20(17)2/h4-12H,1-3H3. The normalized spacial score (nSPS) is 10.6. The van der Waals surface area contributed by atoms with Crippen molar-refractivity contribution in [3.05, 3.63) is 60.6 Å². The third-order valence-corrected chi connectivity index (χ3v) is 3.64. The van der Waals surface area contributed by atoms with E-state index in [4.69, 9.17) is 4.74 Å². The fourth-order valence-electron chi connectivity index (χ4n) is 2.54. The average Bonchev–Trinajstić information content (AvgIpc) is 2.93. The molecule has 2 aromatic carbocycles. The van der Waals surface area contributed by atoms with Crippen LogP contribution in [0.2, 0.25) is 0 Å². The van der Waals surface area contributed by atoms with Crippen molar-refractivity contribution in [3.8, 4) is 28.1 Å². The molecule has 0 aliphatic carbocycles. The summed E-state index contributed by atoms with van der Waals surface area (Å²) >= 11 is 0. The maximum Gasteiger partial charge on any atom is 0.127 e. The summed E-state index contributed by atoms with van der Waals surface area (Å²) in [6.07, 6.45) is 3.66. The van der Waals surface area contributed by atoms with Gasteiger partial charge in [-0.15, -0.1) is 0 Å². The van der Waals surface area contributed by atoms with Gasteiger partial charge >= 0.3 is 0 Å². The third-order valence-electron chi connectivity index (χ3n) is 3.64. The largest absolute Gasteiger partial charge is 0.496 e. The predicted molar refractivity (Wildman–Crippen MR) is 85.4 cm³/mol. The molecule has 21 heavy (non-hydrogen) atoms. The third kappa shape index (κ3) is 2.55. The minimum atomic E-state index is 0.874. The van der Waals surface area contributed by atoms with Crippen LogP contribution in [-0.2, 0) is 7.05 Å². The topological polar surface area (TPSA) is 27.1 Å². The molecule has 0 bridgehead atoms. The van der Waals surface area contributed by atoms with Crippen molar-refractivity contribution in [2.75, 3.05) is 7.11 Å². The summed E-state index contributed by atoms with van der Waals surface area (Å²) in [5, 5.41) is 0. The zero-order chi connectivity index (χ0) is 14.8. The van der Waals surface area contributed by atoms with Gasteiger partial charge < -0.3 is 9.30 Å². The Morgan fingerprint density at radius 3 is 2.57 bits per heavy atom. The Morgan fingerprint density at radius 1 is 1.05 bits per heavy atom. The fraction of sp³-hybridized carbons (Fsp3) is 0.167. The molecular formula is C18H18N2O. The molecule has 0 radical (unpaired) electrons. The predicted octanol–water partition coefficient (Wildman–Crippen LogP) is 4.07. The molecule has 3 aromatic rings. The lowest BCUT2D eigenvalue weighted by molar-refractivity contribution is 0.416. The molecule has 0 saturated carbocycles. The molecule has 0 N–H and O–H groups in total. The van der Waals surface area contributed by atoms with Crippen molar-refractivity contribution in [3.63, 3.8) is 0 Å². The molecule has 3 nitrogen and oxygen atoms in total. The number of hydrogen-bond donors (Lipinski definition) is 0. The number of hydrogen-bond acceptors (Lipinski definition) is 2. The smallest absolute Gasteiger partial charge is 0.127 e. The Balaban J connectivity index is 2.10. The number of aromatic nitrogens is 2. The highest BCUT2D eigenvalue weighted by Crippen LogP contribution is 2.34. The van der Waals surface area contributed by atoms with Gasteiger partial charge in [0, 0.05) is 18.2 Å². The van der Waals surface area contributed by atoms with Crippen LogP contribution in [0, 0.1) is 6.92 Å². The minimum Gasteiger partial charge on any atom is -0.496 e. The number of methoxy groups -OCH3 is 1. The van der Waals surface area contributed by atoms with Gasteiger partial charge in [0.15, 0.2) is 0 Å². The highest BCUT2D eigenvalue weighted by atomic mass is 16.5. The first kappa shape index (κ1) is 13.4. The van der Waals surface area contributed by atoms with Gasteiger partial charge in [-0.1, -0.05) is 35.9 Å². The zero-order valence-corrected chi connectivity index (χ0v) is 12.5. The van der Waals surface area contributed by atoms with Crippen LogP contribution in [0.15, 0.2) is 55.0 Å². The van der Waals surface area contributed by atoms with E-state index in [1.165, 1.54) is 11.1 Å². The summed E-state index contributed by atoms with van der Waals surface area (Å²) in [5.41, 5.74) is 5.69. The summed E-state index contributed by atoms with van der Waals surface area (Å²) in [7, 11) is 3.70. The summed E-state index contributed by atoms with van der Waals surface area (Å²) < 4.78 is 7.59. The monoisotopic (exact) mass is 278 g/mol. The second-order valence-corrected chi connectivity index (χ2v) is 5.17. The van der Waals surface area contributed by atoms with Gasteiger partial charge in [-0.05, 0) is 24.6 Å². The second kappa shape index (κ2) is 5.44. The Labute approximate surface area is 124 Å². The van der Waals surface area contributed by atoms with Crippen molar-refractivity contribution in [1.29, 1.82) is 0 Å². The van der Waals surface area contributed by atoms with Gasteiger partial charge in [0.25, 0.3) is 0 Å². The van der Waals surface area contributed by atoms with E-state index in [0.29, 0.717) is 0 Å². The first-order valence-electron chi connectivity index (χ1n) is 6.91. The van der Waals surface area contributed by atoms with Crippen LogP contribution in [0.1, 0.15) is 5.56 Å². The van der Waals surface area contributed by atoms with E-state index < -0.39 is 0 Å². The first-order chi connectivity index (χ1) is 10.2. The van der Waals surface area contributed by atoms with Gasteiger partial charge in [-0.25, -0.2) is 4.98 Å². The van der Waals surface area contributed by atoms with E-state index in [1.54, 1.807) is 13.4 Å². The zero-order valence-electron chi connectivity index (χ0n) is 12.5. The molecule has 0 saturated heterocycles. The molecule has 0 amide bonds. The van der Waals surface area contributed by atoms with Crippen LogP contribution in [-0.4, -0.2) is 16.7 Å². The molecule has 106 valence electrons. The maximum atomic E-state index is 5.59. The second-order valence-electron chi connectivity index (χ2n) is 5.17. The van der Waals surface area contributed by atoms with Gasteiger partial charge in [0.1, 0.15) is 5.75 Å². The van der Waals surface area contributed by atoms with Crippen molar-refractivity contribution in [2.24, 2.45) is 7.05 Å². The number of ether oxygens (including phenoxy) is 1. The Hall–Kier alpha value is -2.55. The maximum absolute atomic E-state index is 5.59. The quantitative estimate of drug-likeness (QED) is 0.722. The van der Waals surface area contributed by atoms with Crippen LogP contribution in [0.3, 0.4) is 0 Å². The summed E-state index contributed by atoms with van der Waals surface area (Å²) in [4.78, 5) is 4.17. The lowest BCUT2D eigenvalue weighted by Gasteiger charge is -2.12. The number of benzene rings is 2. The lowest BCUT2D eigenvalue weighted by Crippen LogP contribution is -1.93. The number of aryl methyl sites for hydroxylation is 2. The van der Waals surface area contributed by atoms with Crippen LogP contribution in [0.5, 0.6) is 5.75 Å². The lowest BCUT2D eigenvalue weighted by atomic mass is 10.00. The fourth-order valence-corrected chi connectivity index (χ4v) is 2.54. The summed E-state index contributed by atoms with van der Waals surface area (Å²) in [5.74, 6) is 0.874. The minimum absolute atomic E-state index is 0.874. The number of imidazole rings is 1. The number of nitrogens with zero attached hydrogens (tertiary/aromatic N) is 2. The van der Waals surface area contributed by atoms with Gasteiger partial charge in [0.05, 0.1) is 25.3 Å².